The Hall–Kier alpha value is -2.70. The molecular weight excluding hydrogens is 336 g/mol. The van der Waals surface area contributed by atoms with Gasteiger partial charge in [0.25, 0.3) is 5.91 Å². The van der Waals surface area contributed by atoms with Gasteiger partial charge in [0.05, 0.1) is 19.7 Å². The largest absolute Gasteiger partial charge is 0.497 e. The van der Waals surface area contributed by atoms with Crippen LogP contribution >= 0.6 is 0 Å². The van der Waals surface area contributed by atoms with Gasteiger partial charge in [0.15, 0.2) is 6.61 Å². The first kappa shape index (κ1) is 19.6. The van der Waals surface area contributed by atoms with Gasteiger partial charge in [-0.1, -0.05) is 0 Å². The molecule has 7 heteroatoms. The fourth-order valence-electron chi connectivity index (χ4n) is 3.03. The Morgan fingerprint density at radius 3 is 2.23 bits per heavy atom. The van der Waals surface area contributed by atoms with E-state index in [0.717, 1.165) is 5.39 Å². The highest BCUT2D eigenvalue weighted by Crippen LogP contribution is 2.31. The summed E-state index contributed by atoms with van der Waals surface area (Å²) in [6.07, 6.45) is 0. The third kappa shape index (κ3) is 4.09. The van der Waals surface area contributed by atoms with Gasteiger partial charge >= 0.3 is 5.97 Å². The molecule has 0 aliphatic carbocycles. The predicted molar refractivity (Wildman–Crippen MR) is 98.8 cm³/mol. The number of nitrogens with one attached hydrogen (secondary N) is 1. The number of carbonyl (C=O) groups excluding carboxylic acids is 2. The summed E-state index contributed by atoms with van der Waals surface area (Å²) < 4.78 is 15.7. The van der Waals surface area contributed by atoms with E-state index in [2.05, 4.69) is 4.98 Å². The number of aromatic nitrogens is 1. The number of carbonyl (C=O) groups is 2. The molecule has 1 N–H and O–H groups in total. The van der Waals surface area contributed by atoms with Crippen molar-refractivity contribution in [2.75, 3.05) is 20.8 Å². The molecule has 2 rings (SSSR count). The van der Waals surface area contributed by atoms with Crippen LogP contribution in [0.1, 0.15) is 38.2 Å². The standard InChI is InChI=1S/C19H26N2O5/c1-11(2)21(12(3)4)17(22)10-26-19(23)15-8-13-7-14(24-5)9-16(25-6)18(13)20-15/h7-9,11-12,20H,10H2,1-6H3. The van der Waals surface area contributed by atoms with Crippen LogP contribution in [-0.2, 0) is 9.53 Å². The molecule has 0 saturated carbocycles. The van der Waals surface area contributed by atoms with Gasteiger partial charge in [-0.25, -0.2) is 4.79 Å². The first-order chi connectivity index (χ1) is 12.3. The summed E-state index contributed by atoms with van der Waals surface area (Å²) in [5.74, 6) is 0.356. The lowest BCUT2D eigenvalue weighted by Crippen LogP contribution is -2.44. The Morgan fingerprint density at radius 1 is 1.04 bits per heavy atom. The van der Waals surface area contributed by atoms with Crippen LogP contribution < -0.4 is 9.47 Å². The summed E-state index contributed by atoms with van der Waals surface area (Å²) in [5.41, 5.74) is 0.914. The monoisotopic (exact) mass is 362 g/mol. The van der Waals surface area contributed by atoms with Crippen LogP contribution in [0, 0.1) is 0 Å². The molecule has 26 heavy (non-hydrogen) atoms. The second-order valence-electron chi connectivity index (χ2n) is 6.54. The average Bonchev–Trinajstić information content (AvgIpc) is 3.02. The summed E-state index contributed by atoms with van der Waals surface area (Å²) in [4.78, 5) is 29.3. The molecule has 0 saturated heterocycles. The zero-order chi connectivity index (χ0) is 19.4. The lowest BCUT2D eigenvalue weighted by molar-refractivity contribution is -0.138. The molecule has 142 valence electrons. The van der Waals surface area contributed by atoms with Gasteiger partial charge in [0.2, 0.25) is 0 Å². The number of hydrogen-bond donors (Lipinski definition) is 1. The van der Waals surface area contributed by atoms with Gasteiger partial charge < -0.3 is 24.1 Å². The van der Waals surface area contributed by atoms with Crippen molar-refractivity contribution < 1.29 is 23.8 Å². The minimum Gasteiger partial charge on any atom is -0.497 e. The van der Waals surface area contributed by atoms with Crippen molar-refractivity contribution >= 4 is 22.8 Å². The quantitative estimate of drug-likeness (QED) is 0.766. The smallest absolute Gasteiger partial charge is 0.355 e. The van der Waals surface area contributed by atoms with Gasteiger partial charge in [-0.3, -0.25) is 4.79 Å². The zero-order valence-electron chi connectivity index (χ0n) is 16.1. The highest BCUT2D eigenvalue weighted by molar-refractivity contribution is 5.98. The van der Waals surface area contributed by atoms with Crippen LogP contribution in [-0.4, -0.2) is 54.7 Å². The van der Waals surface area contributed by atoms with Crippen LogP contribution in [0.15, 0.2) is 18.2 Å². The van der Waals surface area contributed by atoms with Crippen molar-refractivity contribution in [1.29, 1.82) is 0 Å². The molecule has 0 aliphatic rings. The third-order valence-corrected chi connectivity index (χ3v) is 4.07. The van der Waals surface area contributed by atoms with Crippen molar-refractivity contribution in [2.45, 2.75) is 39.8 Å². The van der Waals surface area contributed by atoms with E-state index in [4.69, 9.17) is 14.2 Å². The van der Waals surface area contributed by atoms with Crippen LogP contribution in [0.2, 0.25) is 0 Å². The van der Waals surface area contributed by atoms with E-state index < -0.39 is 5.97 Å². The maximum absolute atomic E-state index is 12.3. The topological polar surface area (TPSA) is 80.9 Å². The molecule has 0 bridgehead atoms. The summed E-state index contributed by atoms with van der Waals surface area (Å²) in [6, 6.07) is 5.23. The molecule has 1 heterocycles. The molecular formula is C19H26N2O5. The molecule has 1 amide bonds. The van der Waals surface area contributed by atoms with E-state index in [1.54, 1.807) is 30.2 Å². The highest BCUT2D eigenvalue weighted by Gasteiger charge is 2.22. The summed E-state index contributed by atoms with van der Waals surface area (Å²) >= 11 is 0. The van der Waals surface area contributed by atoms with Gasteiger partial charge in [0.1, 0.15) is 17.2 Å². The van der Waals surface area contributed by atoms with Gasteiger partial charge in [0, 0.05) is 23.5 Å². The van der Waals surface area contributed by atoms with E-state index in [9.17, 15) is 9.59 Å². The minimum absolute atomic E-state index is 0.0333. The highest BCUT2D eigenvalue weighted by atomic mass is 16.5. The number of methoxy groups -OCH3 is 2. The average molecular weight is 362 g/mol. The Bertz CT molecular complexity index is 787. The second-order valence-corrected chi connectivity index (χ2v) is 6.54. The Kier molecular flexibility index (Phi) is 6.13. The SMILES string of the molecule is COc1cc(OC)c2[nH]c(C(=O)OCC(=O)N(C(C)C)C(C)C)cc2c1. The van der Waals surface area contributed by atoms with Gasteiger partial charge in [-0.05, 0) is 39.8 Å². The Balaban J connectivity index is 2.16. The van der Waals surface area contributed by atoms with Crippen molar-refractivity contribution in [3.63, 3.8) is 0 Å². The van der Waals surface area contributed by atoms with Gasteiger partial charge in [-0.15, -0.1) is 0 Å². The molecule has 0 atom stereocenters. The van der Waals surface area contributed by atoms with Crippen LogP contribution in [0.3, 0.4) is 0 Å². The van der Waals surface area contributed by atoms with E-state index >= 15 is 0 Å². The molecule has 1 aromatic carbocycles. The summed E-state index contributed by atoms with van der Waals surface area (Å²) in [7, 11) is 3.10. The number of rotatable bonds is 7. The first-order valence-electron chi connectivity index (χ1n) is 8.51. The second kappa shape index (κ2) is 8.12. The molecule has 0 spiro atoms. The van der Waals surface area contributed by atoms with Crippen molar-refractivity contribution in [1.82, 2.24) is 9.88 Å². The fourth-order valence-corrected chi connectivity index (χ4v) is 3.03. The zero-order valence-corrected chi connectivity index (χ0v) is 16.1. The number of esters is 1. The Morgan fingerprint density at radius 2 is 1.69 bits per heavy atom. The van der Waals surface area contributed by atoms with Crippen molar-refractivity contribution in [3.8, 4) is 11.5 Å². The van der Waals surface area contributed by atoms with Crippen LogP contribution in [0.25, 0.3) is 10.9 Å². The molecule has 1 aromatic heterocycles. The number of hydrogen-bond acceptors (Lipinski definition) is 5. The summed E-state index contributed by atoms with van der Waals surface area (Å²) in [6.45, 7) is 7.41. The van der Waals surface area contributed by atoms with Crippen molar-refractivity contribution in [3.05, 3.63) is 23.9 Å². The number of fused-ring (bicyclic) bond motifs is 1. The number of aromatic amines is 1. The van der Waals surface area contributed by atoms with Gasteiger partial charge in [-0.2, -0.15) is 0 Å². The maximum atomic E-state index is 12.3. The fraction of sp³-hybridized carbons (Fsp3) is 0.474. The van der Waals surface area contributed by atoms with E-state index in [1.807, 2.05) is 27.7 Å². The number of H-pyrrole nitrogens is 1. The lowest BCUT2D eigenvalue weighted by atomic mass is 10.2. The minimum atomic E-state index is -0.594. The predicted octanol–water partition coefficient (Wildman–Crippen LogP) is 2.99. The maximum Gasteiger partial charge on any atom is 0.355 e. The molecule has 0 fully saturated rings. The number of nitrogens with zero attached hydrogens (tertiary/aromatic N) is 1. The van der Waals surface area contributed by atoms with E-state index in [1.165, 1.54) is 7.11 Å². The molecule has 0 radical (unpaired) electrons. The third-order valence-electron chi connectivity index (χ3n) is 4.07. The molecule has 2 aromatic rings. The normalized spacial score (nSPS) is 11.1. The lowest BCUT2D eigenvalue weighted by Gasteiger charge is -2.30. The number of benzene rings is 1. The molecule has 7 nitrogen and oxygen atoms in total. The van der Waals surface area contributed by atoms with Crippen LogP contribution in [0.5, 0.6) is 11.5 Å². The Labute approximate surface area is 153 Å². The number of amides is 1. The first-order valence-corrected chi connectivity index (χ1v) is 8.51. The van der Waals surface area contributed by atoms with Crippen LogP contribution in [0.4, 0.5) is 0 Å². The number of ether oxygens (including phenoxy) is 3. The van der Waals surface area contributed by atoms with Crippen molar-refractivity contribution in [2.24, 2.45) is 0 Å². The molecule has 0 aliphatic heterocycles. The van der Waals surface area contributed by atoms with E-state index in [0.29, 0.717) is 17.0 Å². The van der Waals surface area contributed by atoms with E-state index in [-0.39, 0.29) is 30.3 Å². The summed E-state index contributed by atoms with van der Waals surface area (Å²) in [5, 5.41) is 0.755. The molecule has 0 unspecified atom stereocenters.